The molecule has 0 unspecified atom stereocenters. The number of Topliss-reactive ketones (excluding diaryl/α,β-unsaturated/α-hetero) is 5. The first-order valence-corrected chi connectivity index (χ1v) is 35.5. The van der Waals surface area contributed by atoms with Crippen LogP contribution in [0.25, 0.3) is 0 Å². The summed E-state index contributed by atoms with van der Waals surface area (Å²) in [6.07, 6.45) is 40.5. The fourth-order valence-electron chi connectivity index (χ4n) is 10.9. The Labute approximate surface area is 569 Å². The summed E-state index contributed by atoms with van der Waals surface area (Å²) >= 11 is 0. The lowest BCUT2D eigenvalue weighted by molar-refractivity contribution is -0.131. The number of carbonyl (C=O) groups excluding carboxylic acids is 5. The Balaban J connectivity index is 1.35. The maximum absolute atomic E-state index is 14.2. The van der Waals surface area contributed by atoms with Crippen LogP contribution in [-0.4, -0.2) is 80.2 Å². The summed E-state index contributed by atoms with van der Waals surface area (Å²) in [6.45, 7) is 15.5. The smallest absolute Gasteiger partial charge is 0.235 e. The third-order valence-electron chi connectivity index (χ3n) is 16.8. The molecule has 0 aromatic heterocycles. The van der Waals surface area contributed by atoms with E-state index in [2.05, 4.69) is 73.4 Å². The summed E-state index contributed by atoms with van der Waals surface area (Å²) in [4.78, 5) is 70.8. The lowest BCUT2D eigenvalue weighted by Gasteiger charge is -2.20. The van der Waals surface area contributed by atoms with Crippen LogP contribution in [0.5, 0.6) is 34.5 Å². The molecule has 0 saturated carbocycles. The van der Waals surface area contributed by atoms with Crippen LogP contribution < -0.4 is 60.3 Å². The van der Waals surface area contributed by atoms with E-state index in [1.165, 1.54) is 31.0 Å². The molecule has 18 nitrogen and oxygen atoms in total. The Hall–Kier alpha value is -8.93. The van der Waals surface area contributed by atoms with Crippen LogP contribution in [0.4, 0.5) is 34.1 Å². The number of fused-ring (bicyclic) bond motifs is 2. The van der Waals surface area contributed by atoms with E-state index >= 15 is 0 Å². The van der Waals surface area contributed by atoms with Crippen LogP contribution in [0.3, 0.4) is 0 Å². The first-order chi connectivity index (χ1) is 46.9. The van der Waals surface area contributed by atoms with Gasteiger partial charge in [-0.3, -0.25) is 24.0 Å². The van der Waals surface area contributed by atoms with Crippen molar-refractivity contribution in [1.29, 1.82) is 0 Å². The highest BCUT2D eigenvalue weighted by Gasteiger charge is 2.28. The molecule has 7 N–H and O–H groups in total. The molecule has 4 aliphatic heterocycles. The van der Waals surface area contributed by atoms with Gasteiger partial charge in [0.15, 0.2) is 40.3 Å². The molecule has 3 aliphatic carbocycles. The molecule has 96 heavy (non-hydrogen) atoms. The van der Waals surface area contributed by atoms with Gasteiger partial charge < -0.3 is 65.4 Å². The number of nitrogens with one attached hydrogen (secondary N) is 6. The number of hydrogen-bond donors (Lipinski definition) is 7. The minimum Gasteiger partial charge on any atom is -0.504 e. The van der Waals surface area contributed by atoms with Crippen LogP contribution in [0.15, 0.2) is 143 Å². The summed E-state index contributed by atoms with van der Waals surface area (Å²) in [7, 11) is 0. The Kier molecular flexibility index (Phi) is 31.9. The van der Waals surface area contributed by atoms with Gasteiger partial charge in [0.05, 0.1) is 73.8 Å². The maximum Gasteiger partial charge on any atom is 0.235 e. The average Bonchev–Trinajstić information content (AvgIpc) is 0.876. The second-order valence-corrected chi connectivity index (χ2v) is 24.6. The topological polar surface area (TPSA) is 233 Å². The van der Waals surface area contributed by atoms with E-state index in [1.54, 1.807) is 72.9 Å². The predicted octanol–water partition coefficient (Wildman–Crippen LogP) is 18.1. The van der Waals surface area contributed by atoms with E-state index < -0.39 is 34.7 Å². The van der Waals surface area contributed by atoms with E-state index in [-0.39, 0.29) is 34.4 Å². The third kappa shape index (κ3) is 22.9. The maximum atomic E-state index is 14.2. The number of allylic oxidation sites excluding steroid dienone is 10. The fourth-order valence-corrected chi connectivity index (χ4v) is 10.9. The first-order valence-electron chi connectivity index (χ1n) is 35.5. The van der Waals surface area contributed by atoms with Gasteiger partial charge in [-0.25, -0.2) is 0 Å². The number of ether oxygens (including phenoxy) is 6. The molecule has 0 atom stereocenters. The molecule has 4 heterocycles. The van der Waals surface area contributed by atoms with Gasteiger partial charge in [0.1, 0.15) is 0 Å². The third-order valence-corrected chi connectivity index (χ3v) is 16.8. The van der Waals surface area contributed by atoms with Crippen molar-refractivity contribution in [3.63, 3.8) is 0 Å². The van der Waals surface area contributed by atoms with Crippen molar-refractivity contribution in [3.05, 3.63) is 143 Å². The van der Waals surface area contributed by atoms with Gasteiger partial charge in [-0.2, -0.15) is 0 Å². The SMILES string of the molecule is CCCCCCOc1cc2c(cc1OCCCCCC)N/C=C1C=C/C(=C/Nc3cc(OCCCCCC)c(OCCCCCC)cc3NCC3=C(O)C(=O)/C(=C\Nc4cc(OCCCCCC)c(OCCCCCC)cc4N/C=C4C=C/C(=C/N2)C(=O)C/4=O)C=C3)C(=O)C/1=O. The van der Waals surface area contributed by atoms with Crippen molar-refractivity contribution < 1.29 is 57.5 Å². The van der Waals surface area contributed by atoms with Crippen molar-refractivity contribution in [2.24, 2.45) is 0 Å². The van der Waals surface area contributed by atoms with Gasteiger partial charge in [0.25, 0.3) is 0 Å². The quantitative estimate of drug-likeness (QED) is 0.0212. The number of anilines is 6. The zero-order valence-corrected chi connectivity index (χ0v) is 57.7. The molecule has 3 aromatic rings. The van der Waals surface area contributed by atoms with Gasteiger partial charge in [-0.1, -0.05) is 163 Å². The van der Waals surface area contributed by atoms with E-state index in [9.17, 15) is 29.1 Å². The molecule has 0 fully saturated rings. The van der Waals surface area contributed by atoms with Crippen molar-refractivity contribution in [1.82, 2.24) is 0 Å². The molecular weight excluding hydrogens is 1210 g/mol. The molecule has 3 aromatic carbocycles. The van der Waals surface area contributed by atoms with Crippen molar-refractivity contribution in [2.75, 3.05) is 78.1 Å². The van der Waals surface area contributed by atoms with E-state index in [1.807, 2.05) is 0 Å². The molecular formula is C78H104N6O12. The number of unbranched alkanes of at least 4 members (excludes halogenated alkanes) is 18. The molecule has 0 spiro atoms. The molecule has 0 saturated heterocycles. The Morgan fingerprint density at radius 3 is 0.760 bits per heavy atom. The highest BCUT2D eigenvalue weighted by molar-refractivity contribution is 6.52. The molecule has 7 aliphatic rings. The lowest BCUT2D eigenvalue weighted by Crippen LogP contribution is -2.22. The van der Waals surface area contributed by atoms with E-state index in [0.717, 1.165) is 154 Å². The number of benzene rings is 3. The number of hydrogen-bond acceptors (Lipinski definition) is 18. The highest BCUT2D eigenvalue weighted by Crippen LogP contribution is 2.42. The summed E-state index contributed by atoms with van der Waals surface area (Å²) in [5.41, 5.74) is 3.43. The van der Waals surface area contributed by atoms with Gasteiger partial charge in [-0.05, 0) is 68.9 Å². The molecule has 10 rings (SSSR count). The highest BCUT2D eigenvalue weighted by atomic mass is 16.5. The van der Waals surface area contributed by atoms with Crippen LogP contribution in [-0.2, 0) is 24.0 Å². The standard InChI is InChI=1S/C78H104N6O12/c1-7-13-19-25-37-91-67-43-61-62(44-68(67)92-38-26-20-14-8-2)80-50-56-33-34-58(76(88)74(56)86)52-82-65-47-71(95-41-29-23-17-11-5)72(96-42-30-24-18-12-6)48-66(65)84-54-60-36-35-59(77(89)78(60)90)53-83-64-46-70(94-40-28-22-16-10-4)69(93-39-27-21-15-9-3)45-63(64)81-51-57-32-31-55(49-79-61)73(85)75(57)87/h31-36,43-53,79-84,90H,7-30,37-42,54H2,1-6H3/b55-49-,56-50-,57-51-,58-52-,59-53-. The molecule has 518 valence electrons. The monoisotopic (exact) mass is 1320 g/mol. The van der Waals surface area contributed by atoms with E-state index in [0.29, 0.717) is 114 Å². The molecule has 0 radical (unpaired) electrons. The Morgan fingerprint density at radius 2 is 0.510 bits per heavy atom. The van der Waals surface area contributed by atoms with Crippen LogP contribution in [0, 0.1) is 0 Å². The number of aliphatic hydroxyl groups excluding tert-OH is 1. The predicted molar refractivity (Wildman–Crippen MR) is 386 cm³/mol. The second kappa shape index (κ2) is 41.1. The summed E-state index contributed by atoms with van der Waals surface area (Å²) in [5.74, 6) is -1.37. The Morgan fingerprint density at radius 1 is 0.292 bits per heavy atom. The van der Waals surface area contributed by atoms with Gasteiger partial charge in [0, 0.05) is 107 Å². The van der Waals surface area contributed by atoms with Gasteiger partial charge in [0.2, 0.25) is 28.9 Å². The van der Waals surface area contributed by atoms with Crippen molar-refractivity contribution >= 4 is 63.0 Å². The van der Waals surface area contributed by atoms with Crippen LogP contribution in [0.1, 0.15) is 196 Å². The second-order valence-electron chi connectivity index (χ2n) is 24.6. The van der Waals surface area contributed by atoms with Crippen LogP contribution in [0.2, 0.25) is 0 Å². The minimum atomic E-state index is -0.776. The van der Waals surface area contributed by atoms with Crippen molar-refractivity contribution in [3.8, 4) is 34.5 Å². The zero-order chi connectivity index (χ0) is 68.3. The molecule has 6 bridgehead atoms. The number of carbonyl (C=O) groups is 5. The average molecular weight is 1320 g/mol. The van der Waals surface area contributed by atoms with Crippen molar-refractivity contribution in [2.45, 2.75) is 196 Å². The zero-order valence-electron chi connectivity index (χ0n) is 57.7. The van der Waals surface area contributed by atoms with Gasteiger partial charge in [-0.15, -0.1) is 0 Å². The minimum absolute atomic E-state index is 0.0150. The largest absolute Gasteiger partial charge is 0.504 e. The molecule has 18 heteroatoms. The van der Waals surface area contributed by atoms with Gasteiger partial charge >= 0.3 is 0 Å². The number of aliphatic hydroxyl groups is 1. The number of ketones is 5. The summed E-state index contributed by atoms with van der Waals surface area (Å²) < 4.78 is 38.5. The van der Waals surface area contributed by atoms with Crippen LogP contribution >= 0.6 is 0 Å². The number of rotatable bonds is 36. The normalized spacial score (nSPS) is 17.6. The first kappa shape index (κ1) is 74.5. The Bertz CT molecular complexity index is 3420. The summed E-state index contributed by atoms with van der Waals surface area (Å²) in [6, 6.07) is 10.7. The lowest BCUT2D eigenvalue weighted by atomic mass is 9.95. The summed E-state index contributed by atoms with van der Waals surface area (Å²) in [5, 5.41) is 31.4. The van der Waals surface area contributed by atoms with E-state index in [4.69, 9.17) is 28.4 Å². The molecule has 0 amide bonds. The fraction of sp³-hybridized carbons (Fsp3) is 0.474.